The van der Waals surface area contributed by atoms with Gasteiger partial charge >= 0.3 is 5.97 Å². The fraction of sp³-hybridized carbons (Fsp3) is 0.231. The van der Waals surface area contributed by atoms with Crippen molar-refractivity contribution in [2.75, 3.05) is 6.61 Å². The quantitative estimate of drug-likeness (QED) is 0.785. The van der Waals surface area contributed by atoms with Crippen molar-refractivity contribution in [2.24, 2.45) is 0 Å². The lowest BCUT2D eigenvalue weighted by Crippen LogP contribution is -2.06. The number of aromatic nitrogens is 1. The van der Waals surface area contributed by atoms with Crippen molar-refractivity contribution in [2.45, 2.75) is 13.8 Å². The van der Waals surface area contributed by atoms with Crippen LogP contribution >= 0.6 is 0 Å². The molecule has 18 heavy (non-hydrogen) atoms. The van der Waals surface area contributed by atoms with E-state index >= 15 is 0 Å². The molecule has 0 atom stereocenters. The van der Waals surface area contributed by atoms with Crippen molar-refractivity contribution in [3.8, 4) is 11.1 Å². The van der Waals surface area contributed by atoms with Gasteiger partial charge < -0.3 is 9.26 Å². The summed E-state index contributed by atoms with van der Waals surface area (Å²) in [6, 6.07) is 5.77. The minimum absolute atomic E-state index is 0.112. The Hall–Kier alpha value is -2.17. The Morgan fingerprint density at radius 3 is 2.67 bits per heavy atom. The molecule has 0 unspecified atom stereocenters. The van der Waals surface area contributed by atoms with E-state index in [1.807, 2.05) is 0 Å². The van der Waals surface area contributed by atoms with Gasteiger partial charge in [-0.3, -0.25) is 0 Å². The smallest absolute Gasteiger partial charge is 0.361 e. The molecule has 1 heterocycles. The second kappa shape index (κ2) is 5.00. The van der Waals surface area contributed by atoms with Crippen molar-refractivity contribution in [1.82, 2.24) is 5.16 Å². The second-order valence-electron chi connectivity index (χ2n) is 3.69. The van der Waals surface area contributed by atoms with Crippen LogP contribution in [0.5, 0.6) is 0 Å². The summed E-state index contributed by atoms with van der Waals surface area (Å²) in [7, 11) is 0. The van der Waals surface area contributed by atoms with Crippen LogP contribution in [0.4, 0.5) is 4.39 Å². The molecule has 1 aromatic heterocycles. The summed E-state index contributed by atoms with van der Waals surface area (Å²) in [6.07, 6.45) is 0. The molecule has 0 N–H and O–H groups in total. The molecule has 0 saturated carbocycles. The van der Waals surface area contributed by atoms with Crippen LogP contribution in [0.25, 0.3) is 11.1 Å². The van der Waals surface area contributed by atoms with Gasteiger partial charge in [0.15, 0.2) is 5.69 Å². The number of nitrogens with zero attached hydrogens (tertiary/aromatic N) is 1. The largest absolute Gasteiger partial charge is 0.461 e. The maximum Gasteiger partial charge on any atom is 0.361 e. The summed E-state index contributed by atoms with van der Waals surface area (Å²) in [4.78, 5) is 11.7. The van der Waals surface area contributed by atoms with Gasteiger partial charge in [0, 0.05) is 0 Å². The van der Waals surface area contributed by atoms with Gasteiger partial charge in [-0.15, -0.1) is 0 Å². The number of hydrogen-bond donors (Lipinski definition) is 0. The van der Waals surface area contributed by atoms with Gasteiger partial charge in [-0.25, -0.2) is 9.18 Å². The Morgan fingerprint density at radius 1 is 1.39 bits per heavy atom. The summed E-state index contributed by atoms with van der Waals surface area (Å²) < 4.78 is 22.8. The number of esters is 1. The molecule has 0 spiro atoms. The number of ether oxygens (including phenoxy) is 1. The van der Waals surface area contributed by atoms with Crippen LogP contribution < -0.4 is 0 Å². The van der Waals surface area contributed by atoms with Gasteiger partial charge in [0.05, 0.1) is 12.2 Å². The first-order chi connectivity index (χ1) is 8.63. The molecule has 0 aliphatic heterocycles. The highest BCUT2D eigenvalue weighted by molar-refractivity contribution is 5.95. The topological polar surface area (TPSA) is 52.3 Å². The van der Waals surface area contributed by atoms with E-state index in [0.717, 1.165) is 0 Å². The molecule has 0 saturated heterocycles. The van der Waals surface area contributed by atoms with Gasteiger partial charge in [0.2, 0.25) is 0 Å². The maximum atomic E-state index is 12.9. The fourth-order valence-electron chi connectivity index (χ4n) is 1.67. The van der Waals surface area contributed by atoms with E-state index in [2.05, 4.69) is 5.16 Å². The molecule has 5 heteroatoms. The number of carbonyl (C=O) groups is 1. The van der Waals surface area contributed by atoms with Crippen LogP contribution in [0.2, 0.25) is 0 Å². The molecule has 0 aliphatic carbocycles. The first-order valence-electron chi connectivity index (χ1n) is 5.52. The van der Waals surface area contributed by atoms with E-state index in [1.165, 1.54) is 12.1 Å². The molecule has 0 bridgehead atoms. The van der Waals surface area contributed by atoms with Crippen LogP contribution in [-0.4, -0.2) is 17.7 Å². The minimum Gasteiger partial charge on any atom is -0.461 e. The number of halogens is 1. The van der Waals surface area contributed by atoms with Crippen LogP contribution in [0.1, 0.15) is 23.2 Å². The normalized spacial score (nSPS) is 10.4. The molecule has 0 radical (unpaired) electrons. The van der Waals surface area contributed by atoms with E-state index in [4.69, 9.17) is 9.26 Å². The molecule has 2 aromatic rings. The Morgan fingerprint density at radius 2 is 2.06 bits per heavy atom. The van der Waals surface area contributed by atoms with E-state index in [9.17, 15) is 9.18 Å². The molecule has 4 nitrogen and oxygen atoms in total. The Kier molecular flexibility index (Phi) is 3.41. The summed E-state index contributed by atoms with van der Waals surface area (Å²) >= 11 is 0. The van der Waals surface area contributed by atoms with E-state index in [1.54, 1.807) is 26.0 Å². The number of carbonyl (C=O) groups excluding carboxylic acids is 1. The summed E-state index contributed by atoms with van der Waals surface area (Å²) in [5.41, 5.74) is 1.31. The molecule has 0 fully saturated rings. The molecule has 94 valence electrons. The summed E-state index contributed by atoms with van der Waals surface area (Å²) in [5.74, 6) is -0.399. The Bertz CT molecular complexity index is 560. The minimum atomic E-state index is -0.548. The van der Waals surface area contributed by atoms with Gasteiger partial charge in [0.25, 0.3) is 0 Å². The molecule has 0 aliphatic rings. The summed E-state index contributed by atoms with van der Waals surface area (Å²) in [6.45, 7) is 3.66. The van der Waals surface area contributed by atoms with Crippen molar-refractivity contribution < 1.29 is 18.4 Å². The van der Waals surface area contributed by atoms with Crippen LogP contribution in [0.3, 0.4) is 0 Å². The van der Waals surface area contributed by atoms with E-state index in [0.29, 0.717) is 16.9 Å². The monoisotopic (exact) mass is 249 g/mol. The molecule has 0 amide bonds. The van der Waals surface area contributed by atoms with Crippen molar-refractivity contribution in [3.05, 3.63) is 41.5 Å². The van der Waals surface area contributed by atoms with Crippen LogP contribution in [0, 0.1) is 12.7 Å². The Labute approximate surface area is 103 Å². The number of hydrogen-bond acceptors (Lipinski definition) is 4. The highest BCUT2D eigenvalue weighted by atomic mass is 19.1. The number of benzene rings is 1. The third kappa shape index (κ3) is 2.25. The average molecular weight is 249 g/mol. The van der Waals surface area contributed by atoms with Gasteiger partial charge in [-0.05, 0) is 31.5 Å². The zero-order valence-electron chi connectivity index (χ0n) is 10.1. The maximum absolute atomic E-state index is 12.9. The van der Waals surface area contributed by atoms with Gasteiger partial charge in [-0.1, -0.05) is 17.3 Å². The van der Waals surface area contributed by atoms with Gasteiger partial charge in [-0.2, -0.15) is 0 Å². The fourth-order valence-corrected chi connectivity index (χ4v) is 1.67. The van der Waals surface area contributed by atoms with Crippen molar-refractivity contribution in [3.63, 3.8) is 0 Å². The predicted octanol–water partition coefficient (Wildman–Crippen LogP) is 2.97. The molecule has 2 rings (SSSR count). The Balaban J connectivity index is 2.46. The standard InChI is InChI=1S/C13H12FNO3/c1-3-17-13(16)12-11(8(2)18-15-12)9-4-6-10(14)7-5-9/h4-7H,3H2,1-2H3. The number of rotatable bonds is 3. The lowest BCUT2D eigenvalue weighted by atomic mass is 10.0. The second-order valence-corrected chi connectivity index (χ2v) is 3.69. The molecule has 1 aromatic carbocycles. The van der Waals surface area contributed by atoms with Crippen molar-refractivity contribution >= 4 is 5.97 Å². The third-order valence-electron chi connectivity index (χ3n) is 2.46. The zero-order valence-corrected chi connectivity index (χ0v) is 10.1. The van der Waals surface area contributed by atoms with E-state index in [-0.39, 0.29) is 18.1 Å². The lowest BCUT2D eigenvalue weighted by molar-refractivity contribution is 0.0515. The first-order valence-corrected chi connectivity index (χ1v) is 5.52. The van der Waals surface area contributed by atoms with Crippen LogP contribution in [0.15, 0.2) is 28.8 Å². The highest BCUT2D eigenvalue weighted by Crippen LogP contribution is 2.27. The average Bonchev–Trinajstić information content (AvgIpc) is 2.73. The highest BCUT2D eigenvalue weighted by Gasteiger charge is 2.22. The predicted molar refractivity (Wildman–Crippen MR) is 62.6 cm³/mol. The van der Waals surface area contributed by atoms with Gasteiger partial charge in [0.1, 0.15) is 11.6 Å². The summed E-state index contributed by atoms with van der Waals surface area (Å²) in [5, 5.41) is 3.69. The van der Waals surface area contributed by atoms with Crippen molar-refractivity contribution in [1.29, 1.82) is 0 Å². The lowest BCUT2D eigenvalue weighted by Gasteiger charge is -2.02. The number of aryl methyl sites for hydroxylation is 1. The molecular formula is C13H12FNO3. The zero-order chi connectivity index (χ0) is 13.1. The molecular weight excluding hydrogens is 237 g/mol. The van der Waals surface area contributed by atoms with E-state index < -0.39 is 5.97 Å². The SMILES string of the molecule is CCOC(=O)c1noc(C)c1-c1ccc(F)cc1. The van der Waals surface area contributed by atoms with Crippen LogP contribution in [-0.2, 0) is 4.74 Å². The third-order valence-corrected chi connectivity index (χ3v) is 2.46. The first kappa shape index (κ1) is 12.3.